The Morgan fingerprint density at radius 1 is 1.58 bits per heavy atom. The number of hydrogen-bond donors (Lipinski definition) is 2. The molecule has 0 aromatic carbocycles. The molecule has 7 nitrogen and oxygen atoms in total. The smallest absolute Gasteiger partial charge is 0.323 e. The predicted octanol–water partition coefficient (Wildman–Crippen LogP) is 0.262. The van der Waals surface area contributed by atoms with Crippen molar-refractivity contribution in [2.45, 2.75) is 6.92 Å². The number of nitrogens with zero attached hydrogens (tertiary/aromatic N) is 2. The molecule has 1 heterocycles. The number of nitrogens with one attached hydrogen (secondary N) is 1. The Balaban J connectivity index is 2.84. The lowest BCUT2D eigenvalue weighted by molar-refractivity contribution is -0.137. The summed E-state index contributed by atoms with van der Waals surface area (Å²) in [6.07, 6.45) is 5.08. The van der Waals surface area contributed by atoms with Gasteiger partial charge >= 0.3 is 5.97 Å². The fraction of sp³-hybridized carbons (Fsp3) is 0.273. The lowest BCUT2D eigenvalue weighted by Gasteiger charge is -2.16. The molecule has 2 amide bonds. The first-order valence-corrected chi connectivity index (χ1v) is 5.99. The third-order valence-electron chi connectivity index (χ3n) is 1.90. The van der Waals surface area contributed by atoms with E-state index in [4.69, 9.17) is 11.5 Å². The van der Waals surface area contributed by atoms with Crippen molar-refractivity contribution in [1.82, 2.24) is 9.88 Å². The summed E-state index contributed by atoms with van der Waals surface area (Å²) in [5.74, 6) is 0.149. The maximum Gasteiger partial charge on any atom is 0.323 e. The third-order valence-corrected chi connectivity index (χ3v) is 2.66. The Kier molecular flexibility index (Phi) is 5.02. The molecule has 19 heavy (non-hydrogen) atoms. The van der Waals surface area contributed by atoms with Crippen LogP contribution in [0.3, 0.4) is 0 Å². The van der Waals surface area contributed by atoms with E-state index in [9.17, 15) is 14.4 Å². The number of anilines is 1. The Labute approximate surface area is 113 Å². The van der Waals surface area contributed by atoms with E-state index in [-0.39, 0.29) is 23.3 Å². The number of rotatable bonds is 5. The molecule has 0 bridgehead atoms. The number of carboxylic acids is 1. The van der Waals surface area contributed by atoms with Gasteiger partial charge in [-0.1, -0.05) is 5.92 Å². The fourth-order valence-corrected chi connectivity index (χ4v) is 1.95. The summed E-state index contributed by atoms with van der Waals surface area (Å²) < 4.78 is 0. The maximum atomic E-state index is 12.0. The van der Waals surface area contributed by atoms with Gasteiger partial charge in [-0.2, -0.15) is 0 Å². The zero-order valence-corrected chi connectivity index (χ0v) is 10.9. The average Bonchev–Trinajstić information content (AvgIpc) is 2.74. The SMILES string of the molecule is C#CCN(CC(=O)O)C(=O)c1csc(NC(C)=O)n1. The third kappa shape index (κ3) is 4.40. The molecule has 0 unspecified atom stereocenters. The van der Waals surface area contributed by atoms with Gasteiger partial charge in [0.2, 0.25) is 5.91 Å². The monoisotopic (exact) mass is 281 g/mol. The van der Waals surface area contributed by atoms with Crippen molar-refractivity contribution < 1.29 is 19.5 Å². The van der Waals surface area contributed by atoms with E-state index in [1.807, 2.05) is 0 Å². The Hall–Kier alpha value is -2.40. The van der Waals surface area contributed by atoms with Crippen molar-refractivity contribution in [2.75, 3.05) is 18.4 Å². The molecule has 0 aliphatic heterocycles. The second kappa shape index (κ2) is 6.51. The number of aliphatic carboxylic acids is 1. The molecule has 2 N–H and O–H groups in total. The zero-order chi connectivity index (χ0) is 14.4. The van der Waals surface area contributed by atoms with Crippen LogP contribution in [0.2, 0.25) is 0 Å². The summed E-state index contributed by atoms with van der Waals surface area (Å²) in [7, 11) is 0. The topological polar surface area (TPSA) is 99.6 Å². The van der Waals surface area contributed by atoms with Crippen molar-refractivity contribution >= 4 is 34.3 Å². The number of carbonyl (C=O) groups excluding carboxylic acids is 2. The minimum Gasteiger partial charge on any atom is -0.480 e. The average molecular weight is 281 g/mol. The number of carboxylic acid groups (broad SMARTS) is 1. The number of carbonyl (C=O) groups is 3. The molecule has 0 aliphatic carbocycles. The highest BCUT2D eigenvalue weighted by atomic mass is 32.1. The van der Waals surface area contributed by atoms with Crippen LogP contribution in [0.5, 0.6) is 0 Å². The van der Waals surface area contributed by atoms with Crippen LogP contribution in [-0.4, -0.2) is 45.9 Å². The number of hydrogen-bond acceptors (Lipinski definition) is 5. The summed E-state index contributed by atoms with van der Waals surface area (Å²) >= 11 is 1.07. The van der Waals surface area contributed by atoms with Gasteiger partial charge < -0.3 is 15.3 Å². The summed E-state index contributed by atoms with van der Waals surface area (Å²) in [5.41, 5.74) is 0.0465. The van der Waals surface area contributed by atoms with E-state index in [2.05, 4.69) is 16.2 Å². The van der Waals surface area contributed by atoms with Crippen LogP contribution >= 0.6 is 11.3 Å². The van der Waals surface area contributed by atoms with Gasteiger partial charge in [0.1, 0.15) is 12.2 Å². The standard InChI is InChI=1S/C11H11N3O4S/c1-3-4-14(5-9(16)17)10(18)8-6-19-11(13-8)12-7(2)15/h1,6H,4-5H2,2H3,(H,16,17)(H,12,13,15). The Bertz CT molecular complexity index is 546. The highest BCUT2D eigenvalue weighted by molar-refractivity contribution is 7.14. The molecule has 0 atom stereocenters. The van der Waals surface area contributed by atoms with Crippen LogP contribution < -0.4 is 5.32 Å². The molecule has 1 rings (SSSR count). The van der Waals surface area contributed by atoms with Crippen LogP contribution in [0.25, 0.3) is 0 Å². The second-order valence-corrected chi connectivity index (χ2v) is 4.34. The zero-order valence-electron chi connectivity index (χ0n) is 10.0. The van der Waals surface area contributed by atoms with Crippen LogP contribution in [0.4, 0.5) is 5.13 Å². The molecular weight excluding hydrogens is 270 g/mol. The van der Waals surface area contributed by atoms with E-state index in [0.717, 1.165) is 16.2 Å². The molecule has 0 aliphatic rings. The molecule has 0 saturated carbocycles. The van der Waals surface area contributed by atoms with Crippen molar-refractivity contribution in [1.29, 1.82) is 0 Å². The first-order chi connectivity index (χ1) is 8.93. The molecule has 0 saturated heterocycles. The van der Waals surface area contributed by atoms with Crippen molar-refractivity contribution in [3.05, 3.63) is 11.1 Å². The number of aromatic nitrogens is 1. The van der Waals surface area contributed by atoms with Gasteiger partial charge in [-0.15, -0.1) is 17.8 Å². The van der Waals surface area contributed by atoms with E-state index < -0.39 is 18.4 Å². The summed E-state index contributed by atoms with van der Waals surface area (Å²) in [6.45, 7) is 0.687. The van der Waals surface area contributed by atoms with Crippen molar-refractivity contribution in [3.63, 3.8) is 0 Å². The highest BCUT2D eigenvalue weighted by Crippen LogP contribution is 2.16. The molecule has 100 valence electrons. The molecule has 8 heteroatoms. The molecule has 0 spiro atoms. The van der Waals surface area contributed by atoms with Crippen molar-refractivity contribution in [2.24, 2.45) is 0 Å². The molecule has 1 aromatic heterocycles. The van der Waals surface area contributed by atoms with Crippen LogP contribution in [0.15, 0.2) is 5.38 Å². The summed E-state index contributed by atoms with van der Waals surface area (Å²) in [5, 5.41) is 12.8. The van der Waals surface area contributed by atoms with Gasteiger partial charge in [0.05, 0.1) is 6.54 Å². The molecular formula is C11H11N3O4S. The van der Waals surface area contributed by atoms with Crippen LogP contribution in [0, 0.1) is 12.3 Å². The van der Waals surface area contributed by atoms with Crippen molar-refractivity contribution in [3.8, 4) is 12.3 Å². The predicted molar refractivity (Wildman–Crippen MR) is 68.8 cm³/mol. The number of thiazole rings is 1. The lowest BCUT2D eigenvalue weighted by atomic mass is 10.3. The highest BCUT2D eigenvalue weighted by Gasteiger charge is 2.20. The van der Waals surface area contributed by atoms with E-state index in [0.29, 0.717) is 0 Å². The van der Waals surface area contributed by atoms with Crippen LogP contribution in [0.1, 0.15) is 17.4 Å². The minimum absolute atomic E-state index is 0.0465. The van der Waals surface area contributed by atoms with Gasteiger partial charge in [0.15, 0.2) is 5.13 Å². The quantitative estimate of drug-likeness (QED) is 0.754. The van der Waals surface area contributed by atoms with Gasteiger partial charge in [-0.3, -0.25) is 14.4 Å². The van der Waals surface area contributed by atoms with Gasteiger partial charge in [0, 0.05) is 12.3 Å². The number of amides is 2. The molecule has 1 aromatic rings. The Morgan fingerprint density at radius 2 is 2.26 bits per heavy atom. The van der Waals surface area contributed by atoms with E-state index in [1.165, 1.54) is 12.3 Å². The van der Waals surface area contributed by atoms with Gasteiger partial charge in [-0.25, -0.2) is 4.98 Å². The first kappa shape index (κ1) is 14.7. The van der Waals surface area contributed by atoms with Gasteiger partial charge in [-0.05, 0) is 0 Å². The maximum absolute atomic E-state index is 12.0. The molecule has 0 radical (unpaired) electrons. The first-order valence-electron chi connectivity index (χ1n) is 5.11. The summed E-state index contributed by atoms with van der Waals surface area (Å²) in [4.78, 5) is 38.3. The fourth-order valence-electron chi connectivity index (χ4n) is 1.21. The summed E-state index contributed by atoms with van der Waals surface area (Å²) in [6, 6.07) is 0. The largest absolute Gasteiger partial charge is 0.480 e. The molecule has 0 fully saturated rings. The Morgan fingerprint density at radius 3 is 2.79 bits per heavy atom. The van der Waals surface area contributed by atoms with E-state index >= 15 is 0 Å². The van der Waals surface area contributed by atoms with E-state index in [1.54, 1.807) is 0 Å². The van der Waals surface area contributed by atoms with Gasteiger partial charge in [0.25, 0.3) is 5.91 Å². The normalized spacial score (nSPS) is 9.47. The lowest BCUT2D eigenvalue weighted by Crippen LogP contribution is -2.36. The second-order valence-electron chi connectivity index (χ2n) is 3.48. The number of terminal acetylenes is 1. The minimum atomic E-state index is -1.17. The van der Waals surface area contributed by atoms with Crippen LogP contribution in [-0.2, 0) is 9.59 Å².